The highest BCUT2D eigenvalue weighted by molar-refractivity contribution is 9.10. The molecule has 0 aliphatic carbocycles. The molecule has 0 fully saturated rings. The summed E-state index contributed by atoms with van der Waals surface area (Å²) in [6.07, 6.45) is -0.878. The lowest BCUT2D eigenvalue weighted by atomic mass is 9.70. The van der Waals surface area contributed by atoms with Crippen molar-refractivity contribution in [3.63, 3.8) is 0 Å². The monoisotopic (exact) mass is 421 g/mol. The normalized spacial score (nSPS) is 20.8. The summed E-state index contributed by atoms with van der Waals surface area (Å²) in [6.45, 7) is 5.77. The van der Waals surface area contributed by atoms with Crippen LogP contribution in [0.3, 0.4) is 0 Å². The fourth-order valence-corrected chi connectivity index (χ4v) is 3.76. The molecule has 2 atom stereocenters. The van der Waals surface area contributed by atoms with E-state index in [1.54, 1.807) is 37.3 Å². The van der Waals surface area contributed by atoms with Crippen molar-refractivity contribution in [2.75, 3.05) is 11.9 Å². The first-order chi connectivity index (χ1) is 12.3. The fraction of sp³-hybridized carbons (Fsp3) is 0.350. The fourth-order valence-electron chi connectivity index (χ4n) is 3.38. The summed E-state index contributed by atoms with van der Waals surface area (Å²) in [4.78, 5) is 12.0. The molecule has 1 heterocycles. The van der Waals surface area contributed by atoms with Crippen LogP contribution in [0.1, 0.15) is 54.4 Å². The minimum Gasteiger partial charge on any atom is -0.462 e. The summed E-state index contributed by atoms with van der Waals surface area (Å²) in [5, 5.41) is 14.3. The van der Waals surface area contributed by atoms with Crippen molar-refractivity contribution in [1.29, 1.82) is 0 Å². The average molecular weight is 422 g/mol. The van der Waals surface area contributed by atoms with E-state index in [9.17, 15) is 14.3 Å². The van der Waals surface area contributed by atoms with Gasteiger partial charge in [0.25, 0.3) is 0 Å². The second kappa shape index (κ2) is 7.00. The van der Waals surface area contributed by atoms with Crippen LogP contribution >= 0.6 is 15.9 Å². The number of hydrogen-bond acceptors (Lipinski definition) is 4. The second-order valence-electron chi connectivity index (χ2n) is 6.99. The number of carbonyl (C=O) groups excluding carboxylic acids is 1. The molecular weight excluding hydrogens is 401 g/mol. The summed E-state index contributed by atoms with van der Waals surface area (Å²) >= 11 is 3.38. The Labute approximate surface area is 160 Å². The first-order valence-electron chi connectivity index (χ1n) is 8.46. The van der Waals surface area contributed by atoms with Gasteiger partial charge in [0.15, 0.2) is 0 Å². The van der Waals surface area contributed by atoms with Gasteiger partial charge in [0.1, 0.15) is 5.82 Å². The average Bonchev–Trinajstić information content (AvgIpc) is 2.60. The third-order valence-corrected chi connectivity index (χ3v) is 5.37. The third kappa shape index (κ3) is 3.23. The van der Waals surface area contributed by atoms with Crippen molar-refractivity contribution in [2.24, 2.45) is 5.41 Å². The lowest BCUT2D eigenvalue weighted by molar-refractivity contribution is 0.0280. The number of carbonyl (C=O) groups is 1. The van der Waals surface area contributed by atoms with Crippen LogP contribution in [0, 0.1) is 11.2 Å². The zero-order valence-electron chi connectivity index (χ0n) is 14.8. The lowest BCUT2D eigenvalue weighted by Gasteiger charge is -2.45. The SMILES string of the molecule is CCOC(=O)c1ccc2c(c1)C(O)C(C)(C)C(c1cc(Br)ccc1F)N2. The van der Waals surface area contributed by atoms with Gasteiger partial charge in [-0.05, 0) is 43.3 Å². The van der Waals surface area contributed by atoms with Gasteiger partial charge in [0, 0.05) is 26.7 Å². The molecule has 2 N–H and O–H groups in total. The molecule has 0 amide bonds. The molecule has 3 rings (SSSR count). The Morgan fingerprint density at radius 3 is 2.69 bits per heavy atom. The number of halogens is 2. The van der Waals surface area contributed by atoms with Crippen molar-refractivity contribution in [2.45, 2.75) is 32.9 Å². The van der Waals surface area contributed by atoms with Crippen molar-refractivity contribution >= 4 is 27.6 Å². The molecule has 6 heteroatoms. The standard InChI is InChI=1S/C20H21BrFNO3/c1-4-26-19(25)11-5-8-16-14(9-11)18(24)20(2,3)17(23-16)13-10-12(21)6-7-15(13)22/h5-10,17-18,23-24H,4H2,1-3H3. The molecule has 138 valence electrons. The molecule has 0 spiro atoms. The Hall–Kier alpha value is -1.92. The number of esters is 1. The first-order valence-corrected chi connectivity index (χ1v) is 9.25. The number of aliphatic hydroxyl groups excluding tert-OH is 1. The van der Waals surface area contributed by atoms with Gasteiger partial charge in [-0.2, -0.15) is 0 Å². The molecule has 2 unspecified atom stereocenters. The maximum Gasteiger partial charge on any atom is 0.338 e. The molecule has 26 heavy (non-hydrogen) atoms. The van der Waals surface area contributed by atoms with Gasteiger partial charge in [0.2, 0.25) is 0 Å². The lowest BCUT2D eigenvalue weighted by Crippen LogP contribution is -2.39. The Balaban J connectivity index is 2.05. The number of hydrogen-bond donors (Lipinski definition) is 2. The molecule has 0 saturated carbocycles. The van der Waals surface area contributed by atoms with Crippen LogP contribution in [0.5, 0.6) is 0 Å². The number of fused-ring (bicyclic) bond motifs is 1. The predicted octanol–water partition coefficient (Wildman–Crippen LogP) is 4.99. The van der Waals surface area contributed by atoms with Gasteiger partial charge in [-0.25, -0.2) is 9.18 Å². The van der Waals surface area contributed by atoms with E-state index in [1.165, 1.54) is 6.07 Å². The highest BCUT2D eigenvalue weighted by Crippen LogP contribution is 2.52. The van der Waals surface area contributed by atoms with E-state index in [2.05, 4.69) is 21.2 Å². The van der Waals surface area contributed by atoms with Gasteiger partial charge in [-0.15, -0.1) is 0 Å². The van der Waals surface area contributed by atoms with Crippen molar-refractivity contribution in [1.82, 2.24) is 0 Å². The molecule has 4 nitrogen and oxygen atoms in total. The second-order valence-corrected chi connectivity index (χ2v) is 7.91. The third-order valence-electron chi connectivity index (χ3n) is 4.87. The molecule has 0 aromatic heterocycles. The molecule has 0 saturated heterocycles. The maximum atomic E-state index is 14.5. The van der Waals surface area contributed by atoms with Gasteiger partial charge < -0.3 is 15.2 Å². The van der Waals surface area contributed by atoms with Gasteiger partial charge in [-0.3, -0.25) is 0 Å². The van der Waals surface area contributed by atoms with Crippen molar-refractivity contribution < 1.29 is 19.0 Å². The van der Waals surface area contributed by atoms with Crippen LogP contribution in [-0.4, -0.2) is 17.7 Å². The maximum absolute atomic E-state index is 14.5. The molecule has 2 aromatic carbocycles. The largest absolute Gasteiger partial charge is 0.462 e. The van der Waals surface area contributed by atoms with Crippen molar-refractivity contribution in [3.8, 4) is 0 Å². The highest BCUT2D eigenvalue weighted by atomic mass is 79.9. The molecule has 2 aromatic rings. The summed E-state index contributed by atoms with van der Waals surface area (Å²) in [6, 6.07) is 9.34. The number of benzene rings is 2. The van der Waals surface area contributed by atoms with E-state index in [0.29, 0.717) is 22.4 Å². The number of ether oxygens (including phenoxy) is 1. The van der Waals surface area contributed by atoms with E-state index in [0.717, 1.165) is 4.47 Å². The Bertz CT molecular complexity index is 853. The van der Waals surface area contributed by atoms with Crippen LogP contribution in [0.4, 0.5) is 10.1 Å². The van der Waals surface area contributed by atoms with Crippen LogP contribution in [0.25, 0.3) is 0 Å². The van der Waals surface area contributed by atoms with E-state index >= 15 is 0 Å². The predicted molar refractivity (Wildman–Crippen MR) is 102 cm³/mol. The summed E-state index contributed by atoms with van der Waals surface area (Å²) < 4.78 is 20.2. The highest BCUT2D eigenvalue weighted by Gasteiger charge is 2.44. The van der Waals surface area contributed by atoms with Crippen molar-refractivity contribution in [3.05, 3.63) is 63.4 Å². The summed E-state index contributed by atoms with van der Waals surface area (Å²) in [7, 11) is 0. The zero-order chi connectivity index (χ0) is 19.1. The Morgan fingerprint density at radius 1 is 1.27 bits per heavy atom. The number of aliphatic hydroxyl groups is 1. The number of nitrogens with one attached hydrogen (secondary N) is 1. The van der Waals surface area contributed by atoms with Gasteiger partial charge in [0.05, 0.1) is 24.3 Å². The molecule has 0 bridgehead atoms. The first kappa shape index (κ1) is 18.9. The molecule has 0 radical (unpaired) electrons. The van der Waals surface area contributed by atoms with Crippen LogP contribution in [-0.2, 0) is 4.74 Å². The topological polar surface area (TPSA) is 58.6 Å². The van der Waals surface area contributed by atoms with E-state index in [4.69, 9.17) is 4.74 Å². The van der Waals surface area contributed by atoms with Crippen LogP contribution in [0.2, 0.25) is 0 Å². The summed E-state index contributed by atoms with van der Waals surface area (Å²) in [5.41, 5.74) is 1.43. The molecule has 1 aliphatic heterocycles. The Morgan fingerprint density at radius 2 is 2.00 bits per heavy atom. The zero-order valence-corrected chi connectivity index (χ0v) is 16.4. The minimum absolute atomic E-state index is 0.284. The van der Waals surface area contributed by atoms with Crippen LogP contribution in [0.15, 0.2) is 40.9 Å². The van der Waals surface area contributed by atoms with E-state index in [-0.39, 0.29) is 12.4 Å². The quantitative estimate of drug-likeness (QED) is 0.685. The van der Waals surface area contributed by atoms with Gasteiger partial charge >= 0.3 is 5.97 Å². The van der Waals surface area contributed by atoms with E-state index < -0.39 is 23.5 Å². The molecule has 1 aliphatic rings. The number of anilines is 1. The number of rotatable bonds is 3. The smallest absolute Gasteiger partial charge is 0.338 e. The van der Waals surface area contributed by atoms with E-state index in [1.807, 2.05) is 13.8 Å². The van der Waals surface area contributed by atoms with Gasteiger partial charge in [-0.1, -0.05) is 29.8 Å². The Kier molecular flexibility index (Phi) is 5.08. The minimum atomic E-state index is -0.878. The molecular formula is C20H21BrFNO3. The van der Waals surface area contributed by atoms with Crippen LogP contribution < -0.4 is 5.32 Å². The summed E-state index contributed by atoms with van der Waals surface area (Å²) in [5.74, 6) is -0.766.